The molecular formula is C36H28O16. The predicted molar refractivity (Wildman–Crippen MR) is 175 cm³/mol. The minimum absolute atomic E-state index is 0.0352. The third-order valence-electron chi connectivity index (χ3n) is 9.00. The number of fused-ring (bicyclic) bond motifs is 3. The van der Waals surface area contributed by atoms with Gasteiger partial charge in [-0.15, -0.1) is 0 Å². The second-order valence-electron chi connectivity index (χ2n) is 12.3. The summed E-state index contributed by atoms with van der Waals surface area (Å²) in [7, 11) is 0. The van der Waals surface area contributed by atoms with Crippen LogP contribution in [0, 0.1) is 0 Å². The van der Waals surface area contributed by atoms with Gasteiger partial charge in [0.05, 0.1) is 23.7 Å². The molecule has 0 saturated carbocycles. The number of aromatic hydroxyl groups is 10. The molecule has 5 aromatic carbocycles. The number of phenolic OH excluding ortho intramolecular Hbond substituents is 9. The third-order valence-corrected chi connectivity index (χ3v) is 9.00. The van der Waals surface area contributed by atoms with Gasteiger partial charge in [-0.2, -0.15) is 0 Å². The molecule has 0 aromatic heterocycles. The van der Waals surface area contributed by atoms with Crippen molar-refractivity contribution in [2.75, 3.05) is 0 Å². The highest BCUT2D eigenvalue weighted by molar-refractivity contribution is 5.97. The molecule has 0 aliphatic carbocycles. The molecule has 4 atom stereocenters. The quantitative estimate of drug-likeness (QED) is 0.0938. The molecule has 2 aliphatic rings. The fourth-order valence-corrected chi connectivity index (χ4v) is 6.61. The van der Waals surface area contributed by atoms with E-state index in [1.165, 1.54) is 18.2 Å². The van der Waals surface area contributed by atoms with Gasteiger partial charge in [0.2, 0.25) is 5.43 Å². The molecule has 2 heterocycles. The number of rotatable bonds is 4. The molecule has 0 bridgehead atoms. The molecule has 2 aliphatic heterocycles. The summed E-state index contributed by atoms with van der Waals surface area (Å²) in [4.78, 5) is 26.9. The third kappa shape index (κ3) is 5.51. The van der Waals surface area contributed by atoms with Gasteiger partial charge in [0.1, 0.15) is 34.9 Å². The summed E-state index contributed by atoms with van der Waals surface area (Å²) in [5, 5.41) is 114. The first-order valence-electron chi connectivity index (χ1n) is 15.4. The largest absolute Gasteiger partial charge is 0.508 e. The number of phenols is 9. The first-order chi connectivity index (χ1) is 24.6. The van der Waals surface area contributed by atoms with E-state index in [4.69, 9.17) is 14.2 Å². The maximum absolute atomic E-state index is 13.5. The van der Waals surface area contributed by atoms with Crippen LogP contribution in [-0.4, -0.2) is 68.2 Å². The van der Waals surface area contributed by atoms with Crippen LogP contribution < -0.4 is 10.2 Å². The van der Waals surface area contributed by atoms with Gasteiger partial charge < -0.3 is 70.4 Å². The van der Waals surface area contributed by atoms with E-state index in [0.717, 1.165) is 36.4 Å². The zero-order valence-electron chi connectivity index (χ0n) is 26.4. The second-order valence-corrected chi connectivity index (χ2v) is 12.3. The van der Waals surface area contributed by atoms with Crippen LogP contribution in [0.1, 0.15) is 56.5 Å². The summed E-state index contributed by atoms with van der Waals surface area (Å²) in [5.74, 6) is -8.32. The molecule has 0 unspecified atom stereocenters. The Morgan fingerprint density at radius 2 is 1.35 bits per heavy atom. The lowest BCUT2D eigenvalue weighted by atomic mass is 9.89. The Kier molecular flexibility index (Phi) is 7.92. The molecule has 0 amide bonds. The SMILES string of the molecule is O=C(O[C@@H]1c2c(O)cc(O)cc2CO[C@H]1c1cc(=O)c(O)c2c(O)c(O)cc([C@H]3Oc4cc(O)cc(O)c4C[C@H]3O)c2c1)c1cc(O)c(O)c(O)c1. The fraction of sp³-hybridized carbons (Fsp3) is 0.167. The van der Waals surface area contributed by atoms with Crippen molar-refractivity contribution in [3.8, 4) is 63.2 Å². The molecule has 16 heteroatoms. The number of carbonyl (C=O) groups is 1. The molecule has 11 N–H and O–H groups in total. The number of hydrogen-bond acceptors (Lipinski definition) is 16. The summed E-state index contributed by atoms with van der Waals surface area (Å²) < 4.78 is 17.7. The monoisotopic (exact) mass is 716 g/mol. The summed E-state index contributed by atoms with van der Waals surface area (Å²) in [6.45, 7) is -0.333. The summed E-state index contributed by atoms with van der Waals surface area (Å²) in [5.41, 5.74) is -1.57. The lowest BCUT2D eigenvalue weighted by Gasteiger charge is -2.34. The highest BCUT2D eigenvalue weighted by Crippen LogP contribution is 2.50. The lowest BCUT2D eigenvalue weighted by molar-refractivity contribution is -0.0777. The highest BCUT2D eigenvalue weighted by Gasteiger charge is 2.40. The van der Waals surface area contributed by atoms with Crippen molar-refractivity contribution in [2.45, 2.75) is 37.4 Å². The van der Waals surface area contributed by atoms with Crippen LogP contribution in [-0.2, 0) is 22.5 Å². The fourth-order valence-electron chi connectivity index (χ4n) is 6.61. The van der Waals surface area contributed by atoms with Crippen molar-refractivity contribution < 1.29 is 75.2 Å². The Morgan fingerprint density at radius 1 is 0.692 bits per heavy atom. The van der Waals surface area contributed by atoms with E-state index in [2.05, 4.69) is 0 Å². The minimum Gasteiger partial charge on any atom is -0.508 e. The number of aliphatic hydroxyl groups excluding tert-OH is 1. The highest BCUT2D eigenvalue weighted by atomic mass is 16.6. The van der Waals surface area contributed by atoms with Gasteiger partial charge in [0, 0.05) is 41.3 Å². The van der Waals surface area contributed by atoms with E-state index in [1.54, 1.807) is 0 Å². The number of esters is 1. The average Bonchev–Trinajstić information content (AvgIpc) is 3.20. The number of benzene rings is 4. The molecule has 5 aromatic rings. The number of hydrogen-bond donors (Lipinski definition) is 11. The Hall–Kier alpha value is -6.78. The van der Waals surface area contributed by atoms with Crippen LogP contribution >= 0.6 is 0 Å². The second kappa shape index (κ2) is 12.2. The van der Waals surface area contributed by atoms with Crippen LogP contribution in [0.2, 0.25) is 0 Å². The number of aliphatic hydroxyl groups is 1. The number of carbonyl (C=O) groups excluding carboxylic acids is 1. The van der Waals surface area contributed by atoms with Gasteiger partial charge in [-0.1, -0.05) is 0 Å². The zero-order chi connectivity index (χ0) is 37.3. The predicted octanol–water partition coefficient (Wildman–Crippen LogP) is 3.46. The maximum Gasteiger partial charge on any atom is 0.339 e. The van der Waals surface area contributed by atoms with Crippen molar-refractivity contribution in [1.29, 1.82) is 0 Å². The molecule has 268 valence electrons. The standard InChI is InChI=1S/C36H28O16/c37-15-1-14-11-50-33(35(28(14)21(40)7-15)52-36(49)13-4-22(41)30(46)23(42)5-13)12-2-17-18(9-25(44)32(48)29(17)31(47)24(43)3-12)34-26(45)10-19-20(39)6-16(38)8-27(19)51-34/h1-9,26,33-35,37-42,44-46,48H,10-11H2,(H,43,47)/t26-,33+,34-,35-/m1/s1. The lowest BCUT2D eigenvalue weighted by Crippen LogP contribution is -2.30. The van der Waals surface area contributed by atoms with Crippen LogP contribution in [0.5, 0.6) is 63.2 Å². The van der Waals surface area contributed by atoms with Crippen molar-refractivity contribution in [2.24, 2.45) is 0 Å². The van der Waals surface area contributed by atoms with Crippen LogP contribution in [0.4, 0.5) is 0 Å². The Labute approximate surface area is 290 Å². The molecule has 0 radical (unpaired) electrons. The summed E-state index contributed by atoms with van der Waals surface area (Å²) in [6.07, 6.45) is -6.22. The van der Waals surface area contributed by atoms with E-state index >= 15 is 0 Å². The topological polar surface area (TPSA) is 284 Å². The van der Waals surface area contributed by atoms with E-state index in [0.29, 0.717) is 0 Å². The Bertz CT molecular complexity index is 2370. The van der Waals surface area contributed by atoms with Crippen molar-refractivity contribution in [1.82, 2.24) is 0 Å². The van der Waals surface area contributed by atoms with Crippen LogP contribution in [0.3, 0.4) is 0 Å². The van der Waals surface area contributed by atoms with Gasteiger partial charge in [0.25, 0.3) is 0 Å². The number of ether oxygens (including phenoxy) is 3. The molecule has 7 rings (SSSR count). The molecule has 0 saturated heterocycles. The zero-order valence-corrected chi connectivity index (χ0v) is 26.4. The van der Waals surface area contributed by atoms with Gasteiger partial charge >= 0.3 is 5.97 Å². The average molecular weight is 717 g/mol. The Balaban J connectivity index is 1.42. The van der Waals surface area contributed by atoms with Crippen LogP contribution in [0.15, 0.2) is 59.4 Å². The van der Waals surface area contributed by atoms with Gasteiger partial charge in [-0.05, 0) is 52.9 Å². The normalized spacial score (nSPS) is 19.3. The molecular weight excluding hydrogens is 688 g/mol. The molecule has 52 heavy (non-hydrogen) atoms. The smallest absolute Gasteiger partial charge is 0.339 e. The van der Waals surface area contributed by atoms with Crippen molar-refractivity contribution in [3.05, 3.63) is 98.2 Å². The minimum atomic E-state index is -1.66. The van der Waals surface area contributed by atoms with Gasteiger partial charge in [-0.3, -0.25) is 4.79 Å². The summed E-state index contributed by atoms with van der Waals surface area (Å²) in [6, 6.07) is 9.13. The van der Waals surface area contributed by atoms with Gasteiger partial charge in [0.15, 0.2) is 46.7 Å². The molecule has 0 fully saturated rings. The van der Waals surface area contributed by atoms with Crippen molar-refractivity contribution >= 4 is 16.7 Å². The first kappa shape index (κ1) is 33.7. The maximum atomic E-state index is 13.5. The van der Waals surface area contributed by atoms with E-state index in [1.807, 2.05) is 0 Å². The molecule has 16 nitrogen and oxygen atoms in total. The van der Waals surface area contributed by atoms with E-state index in [-0.39, 0.29) is 69.2 Å². The summed E-state index contributed by atoms with van der Waals surface area (Å²) >= 11 is 0. The van der Waals surface area contributed by atoms with Crippen LogP contribution in [0.25, 0.3) is 10.8 Å². The van der Waals surface area contributed by atoms with Gasteiger partial charge in [-0.25, -0.2) is 4.79 Å². The van der Waals surface area contributed by atoms with E-state index < -0.39 is 87.0 Å². The van der Waals surface area contributed by atoms with E-state index in [9.17, 15) is 65.8 Å². The van der Waals surface area contributed by atoms with Crippen molar-refractivity contribution in [3.63, 3.8) is 0 Å². The Morgan fingerprint density at radius 3 is 2.06 bits per heavy atom. The first-order valence-corrected chi connectivity index (χ1v) is 15.4. The molecule has 0 spiro atoms.